The van der Waals surface area contributed by atoms with Crippen molar-refractivity contribution in [2.75, 3.05) is 6.61 Å². The highest BCUT2D eigenvalue weighted by Crippen LogP contribution is 2.08. The van der Waals surface area contributed by atoms with E-state index in [-0.39, 0.29) is 6.10 Å². The lowest BCUT2D eigenvalue weighted by Gasteiger charge is -2.01. The van der Waals surface area contributed by atoms with Crippen molar-refractivity contribution in [3.63, 3.8) is 0 Å². The summed E-state index contributed by atoms with van der Waals surface area (Å²) in [6.07, 6.45) is 17.4. The highest BCUT2D eigenvalue weighted by atomic mass is 16.3. The minimum absolute atomic E-state index is 0.139. The van der Waals surface area contributed by atoms with E-state index in [4.69, 9.17) is 10.2 Å². The number of allylic oxidation sites excluding steroid dienone is 2. The number of hydrogen-bond donors (Lipinski definition) is 2. The van der Waals surface area contributed by atoms with Gasteiger partial charge in [0.25, 0.3) is 0 Å². The second-order valence-corrected chi connectivity index (χ2v) is 5.24. The van der Waals surface area contributed by atoms with E-state index in [1.807, 2.05) is 6.92 Å². The SMILES string of the molecule is C[C@H](O)CCCC/C=C/CCCCCCCCO. The van der Waals surface area contributed by atoms with E-state index < -0.39 is 0 Å². The average Bonchev–Trinajstić information content (AvgIpc) is 2.34. The molecule has 0 saturated heterocycles. The summed E-state index contributed by atoms with van der Waals surface area (Å²) in [5.41, 5.74) is 0. The second kappa shape index (κ2) is 14.7. The molecule has 0 aliphatic carbocycles. The van der Waals surface area contributed by atoms with Gasteiger partial charge < -0.3 is 10.2 Å². The molecule has 0 rings (SSSR count). The third-order valence-corrected chi connectivity index (χ3v) is 3.19. The fourth-order valence-electron chi connectivity index (χ4n) is 2.02. The zero-order valence-electron chi connectivity index (χ0n) is 12.1. The number of unbranched alkanes of at least 4 members (excludes halogenated alkanes) is 8. The molecular weight excluding hydrogens is 224 g/mol. The van der Waals surface area contributed by atoms with Gasteiger partial charge in [-0.1, -0.05) is 44.3 Å². The minimum Gasteiger partial charge on any atom is -0.396 e. The summed E-state index contributed by atoms with van der Waals surface area (Å²) >= 11 is 0. The molecule has 0 bridgehead atoms. The maximum atomic E-state index is 9.10. The minimum atomic E-state index is -0.139. The van der Waals surface area contributed by atoms with Crippen LogP contribution in [0.5, 0.6) is 0 Å². The molecule has 0 amide bonds. The first-order valence-corrected chi connectivity index (χ1v) is 7.71. The summed E-state index contributed by atoms with van der Waals surface area (Å²) < 4.78 is 0. The second-order valence-electron chi connectivity index (χ2n) is 5.24. The lowest BCUT2D eigenvalue weighted by molar-refractivity contribution is 0.181. The predicted octanol–water partition coefficient (Wildman–Crippen LogP) is 4.21. The fourth-order valence-corrected chi connectivity index (χ4v) is 2.02. The smallest absolute Gasteiger partial charge is 0.0512 e. The van der Waals surface area contributed by atoms with Crippen molar-refractivity contribution in [3.8, 4) is 0 Å². The van der Waals surface area contributed by atoms with Crippen LogP contribution in [0.25, 0.3) is 0 Å². The van der Waals surface area contributed by atoms with Crippen molar-refractivity contribution in [2.24, 2.45) is 0 Å². The molecule has 0 saturated carbocycles. The van der Waals surface area contributed by atoms with Crippen molar-refractivity contribution < 1.29 is 10.2 Å². The van der Waals surface area contributed by atoms with Crippen LogP contribution in [-0.2, 0) is 0 Å². The zero-order chi connectivity index (χ0) is 13.5. The monoisotopic (exact) mass is 256 g/mol. The van der Waals surface area contributed by atoms with Gasteiger partial charge in [0.1, 0.15) is 0 Å². The molecule has 18 heavy (non-hydrogen) atoms. The molecule has 0 heterocycles. The van der Waals surface area contributed by atoms with Crippen LogP contribution in [0.2, 0.25) is 0 Å². The van der Waals surface area contributed by atoms with Gasteiger partial charge in [-0.2, -0.15) is 0 Å². The van der Waals surface area contributed by atoms with E-state index in [0.29, 0.717) is 6.61 Å². The highest BCUT2D eigenvalue weighted by molar-refractivity contribution is 4.81. The Bertz CT molecular complexity index is 176. The molecule has 0 aromatic rings. The number of hydrogen-bond acceptors (Lipinski definition) is 2. The van der Waals surface area contributed by atoms with Crippen LogP contribution >= 0.6 is 0 Å². The van der Waals surface area contributed by atoms with Gasteiger partial charge in [0.15, 0.2) is 0 Å². The van der Waals surface area contributed by atoms with Gasteiger partial charge in [-0.05, 0) is 45.4 Å². The predicted molar refractivity (Wildman–Crippen MR) is 78.7 cm³/mol. The highest BCUT2D eigenvalue weighted by Gasteiger charge is 1.93. The molecule has 0 radical (unpaired) electrons. The van der Waals surface area contributed by atoms with Crippen LogP contribution in [0.3, 0.4) is 0 Å². The lowest BCUT2D eigenvalue weighted by Crippen LogP contribution is -1.97. The third-order valence-electron chi connectivity index (χ3n) is 3.19. The average molecular weight is 256 g/mol. The molecule has 108 valence electrons. The van der Waals surface area contributed by atoms with Crippen molar-refractivity contribution in [2.45, 2.75) is 83.7 Å². The van der Waals surface area contributed by atoms with Crippen molar-refractivity contribution >= 4 is 0 Å². The first-order chi connectivity index (χ1) is 8.77. The van der Waals surface area contributed by atoms with Gasteiger partial charge in [0, 0.05) is 6.61 Å². The molecule has 2 N–H and O–H groups in total. The van der Waals surface area contributed by atoms with Gasteiger partial charge in [0.05, 0.1) is 6.10 Å². The Hall–Kier alpha value is -0.340. The number of aliphatic hydroxyl groups is 2. The Labute approximate surface area is 113 Å². The molecule has 0 aromatic carbocycles. The Morgan fingerprint density at radius 1 is 0.778 bits per heavy atom. The molecule has 0 aromatic heterocycles. The largest absolute Gasteiger partial charge is 0.396 e. The van der Waals surface area contributed by atoms with Crippen LogP contribution in [0.15, 0.2) is 12.2 Å². The van der Waals surface area contributed by atoms with Crippen LogP contribution < -0.4 is 0 Å². The Balaban J connectivity index is 3.04. The van der Waals surface area contributed by atoms with Crippen molar-refractivity contribution in [3.05, 3.63) is 12.2 Å². The molecule has 0 spiro atoms. The Kier molecular flexibility index (Phi) is 14.4. The molecule has 2 nitrogen and oxygen atoms in total. The molecule has 0 aliphatic rings. The summed E-state index contributed by atoms with van der Waals surface area (Å²) in [5, 5.41) is 17.7. The molecular formula is C16H32O2. The molecule has 2 heteroatoms. The maximum Gasteiger partial charge on any atom is 0.0512 e. The Morgan fingerprint density at radius 3 is 1.83 bits per heavy atom. The lowest BCUT2D eigenvalue weighted by atomic mass is 10.1. The van der Waals surface area contributed by atoms with Crippen LogP contribution in [-0.4, -0.2) is 22.9 Å². The number of aliphatic hydroxyl groups excluding tert-OH is 2. The van der Waals surface area contributed by atoms with Gasteiger partial charge in [-0.3, -0.25) is 0 Å². The third kappa shape index (κ3) is 15.7. The standard InChI is InChI=1S/C16H32O2/c1-16(18)14-12-10-8-6-4-2-3-5-7-9-11-13-15-17/h4,6,16-18H,2-3,5,7-15H2,1H3/b6-4+/t16-/m0/s1. The summed E-state index contributed by atoms with van der Waals surface area (Å²) in [4.78, 5) is 0. The maximum absolute atomic E-state index is 9.10. The number of rotatable bonds is 13. The summed E-state index contributed by atoms with van der Waals surface area (Å²) in [7, 11) is 0. The van der Waals surface area contributed by atoms with E-state index in [2.05, 4.69) is 12.2 Å². The summed E-state index contributed by atoms with van der Waals surface area (Å²) in [5.74, 6) is 0. The van der Waals surface area contributed by atoms with Gasteiger partial charge in [-0.15, -0.1) is 0 Å². The normalized spacial score (nSPS) is 13.3. The first kappa shape index (κ1) is 17.7. The molecule has 1 atom stereocenters. The topological polar surface area (TPSA) is 40.5 Å². The first-order valence-electron chi connectivity index (χ1n) is 7.71. The van der Waals surface area contributed by atoms with E-state index in [1.54, 1.807) is 0 Å². The van der Waals surface area contributed by atoms with Gasteiger partial charge >= 0.3 is 0 Å². The van der Waals surface area contributed by atoms with Gasteiger partial charge in [0.2, 0.25) is 0 Å². The zero-order valence-corrected chi connectivity index (χ0v) is 12.1. The summed E-state index contributed by atoms with van der Waals surface area (Å²) in [6, 6.07) is 0. The van der Waals surface area contributed by atoms with Gasteiger partial charge in [-0.25, -0.2) is 0 Å². The molecule has 0 unspecified atom stereocenters. The van der Waals surface area contributed by atoms with Crippen LogP contribution in [0.1, 0.15) is 77.6 Å². The van der Waals surface area contributed by atoms with Crippen molar-refractivity contribution in [1.29, 1.82) is 0 Å². The van der Waals surface area contributed by atoms with E-state index in [1.165, 1.54) is 44.9 Å². The molecule has 0 aliphatic heterocycles. The van der Waals surface area contributed by atoms with Crippen LogP contribution in [0.4, 0.5) is 0 Å². The Morgan fingerprint density at radius 2 is 1.28 bits per heavy atom. The van der Waals surface area contributed by atoms with E-state index in [0.717, 1.165) is 25.7 Å². The van der Waals surface area contributed by atoms with E-state index >= 15 is 0 Å². The van der Waals surface area contributed by atoms with E-state index in [9.17, 15) is 0 Å². The van der Waals surface area contributed by atoms with Crippen LogP contribution in [0, 0.1) is 0 Å². The quantitative estimate of drug-likeness (QED) is 0.383. The molecule has 0 fully saturated rings. The fraction of sp³-hybridized carbons (Fsp3) is 0.875. The summed E-state index contributed by atoms with van der Waals surface area (Å²) in [6.45, 7) is 2.20. The van der Waals surface area contributed by atoms with Crippen molar-refractivity contribution in [1.82, 2.24) is 0 Å².